The summed E-state index contributed by atoms with van der Waals surface area (Å²) in [6.07, 6.45) is 4.06. The summed E-state index contributed by atoms with van der Waals surface area (Å²) in [5.41, 5.74) is 5.09. The van der Waals surface area contributed by atoms with Crippen molar-refractivity contribution in [2.75, 3.05) is 38.6 Å². The molecule has 0 aliphatic carbocycles. The van der Waals surface area contributed by atoms with Crippen LogP contribution < -0.4 is 15.4 Å². The monoisotopic (exact) mass is 517 g/mol. The Balaban J connectivity index is 1.27. The summed E-state index contributed by atoms with van der Waals surface area (Å²) < 4.78 is 5.34. The Hall–Kier alpha value is -3.82. The highest BCUT2D eigenvalue weighted by Crippen LogP contribution is 2.34. The lowest BCUT2D eigenvalue weighted by atomic mass is 10.0. The van der Waals surface area contributed by atoms with Crippen molar-refractivity contribution >= 4 is 40.2 Å². The van der Waals surface area contributed by atoms with Crippen LogP contribution in [0.4, 0.5) is 11.6 Å². The van der Waals surface area contributed by atoms with Crippen molar-refractivity contribution in [3.63, 3.8) is 0 Å². The Bertz CT molecular complexity index is 1420. The molecule has 0 unspecified atom stereocenters. The minimum Gasteiger partial charge on any atom is -0.497 e. The molecule has 5 rings (SSSR count). The first kappa shape index (κ1) is 24.9. The third-order valence-corrected chi connectivity index (χ3v) is 6.73. The van der Waals surface area contributed by atoms with Gasteiger partial charge in [0.2, 0.25) is 5.95 Å². The number of aryl methyl sites for hydroxylation is 1. The van der Waals surface area contributed by atoms with E-state index in [0.717, 1.165) is 47.6 Å². The van der Waals surface area contributed by atoms with Crippen molar-refractivity contribution in [3.05, 3.63) is 64.9 Å². The molecule has 10 heteroatoms. The molecule has 0 saturated carbocycles. The summed E-state index contributed by atoms with van der Waals surface area (Å²) in [4.78, 5) is 23.7. The van der Waals surface area contributed by atoms with Gasteiger partial charge in [-0.05, 0) is 86.4 Å². The molecule has 1 amide bonds. The number of fused-ring (bicyclic) bond motifs is 1. The van der Waals surface area contributed by atoms with Gasteiger partial charge in [0, 0.05) is 23.7 Å². The molecule has 1 saturated heterocycles. The van der Waals surface area contributed by atoms with Gasteiger partial charge in [-0.25, -0.2) is 9.97 Å². The van der Waals surface area contributed by atoms with Crippen LogP contribution in [-0.2, 0) is 0 Å². The lowest BCUT2D eigenvalue weighted by Crippen LogP contribution is -2.33. The number of carbonyl (C=O) groups is 1. The second kappa shape index (κ2) is 11.1. The normalized spacial score (nSPS) is 13.6. The number of hydrogen-bond donors (Lipinski definition) is 2. The smallest absolute Gasteiger partial charge is 0.269 e. The summed E-state index contributed by atoms with van der Waals surface area (Å²) in [6.45, 7) is 5.67. The summed E-state index contributed by atoms with van der Waals surface area (Å²) >= 11 is 6.44. The number of aromatic nitrogens is 4. The van der Waals surface area contributed by atoms with Crippen molar-refractivity contribution in [1.82, 2.24) is 30.4 Å². The number of nitrogens with one attached hydrogen (secondary N) is 2. The van der Waals surface area contributed by atoms with E-state index in [1.54, 1.807) is 25.4 Å². The second-order valence-corrected chi connectivity index (χ2v) is 9.41. The van der Waals surface area contributed by atoms with E-state index in [2.05, 4.69) is 35.7 Å². The Morgan fingerprint density at radius 3 is 2.70 bits per heavy atom. The summed E-state index contributed by atoms with van der Waals surface area (Å²) in [5.74, 6) is 0.879. The molecule has 3 heterocycles. The summed E-state index contributed by atoms with van der Waals surface area (Å²) in [6, 6.07) is 12.9. The SMILES string of the molecule is COc1ccc(Cl)c(-c2cc(C)c3nc(Nc4ccc(C(=O)NCCN5CCCC5)nc4)nnc3c2)c1. The zero-order valence-corrected chi connectivity index (χ0v) is 21.5. The maximum absolute atomic E-state index is 12.4. The molecule has 0 bridgehead atoms. The quantitative estimate of drug-likeness (QED) is 0.348. The Kier molecular flexibility index (Phi) is 7.43. The highest BCUT2D eigenvalue weighted by atomic mass is 35.5. The first-order valence-corrected chi connectivity index (χ1v) is 12.6. The maximum atomic E-state index is 12.4. The average molecular weight is 518 g/mol. The largest absolute Gasteiger partial charge is 0.497 e. The number of benzene rings is 2. The van der Waals surface area contributed by atoms with Gasteiger partial charge in [-0.3, -0.25) is 4.79 Å². The predicted octanol–water partition coefficient (Wildman–Crippen LogP) is 4.63. The number of carbonyl (C=O) groups excluding carboxylic acids is 1. The first-order chi connectivity index (χ1) is 18.0. The molecule has 4 aromatic rings. The molecule has 37 heavy (non-hydrogen) atoms. The van der Waals surface area contributed by atoms with Gasteiger partial charge in [0.05, 0.1) is 24.5 Å². The third-order valence-electron chi connectivity index (χ3n) is 6.40. The van der Waals surface area contributed by atoms with Gasteiger partial charge >= 0.3 is 0 Å². The van der Waals surface area contributed by atoms with E-state index in [0.29, 0.717) is 34.4 Å². The van der Waals surface area contributed by atoms with Crippen molar-refractivity contribution in [2.45, 2.75) is 19.8 Å². The van der Waals surface area contributed by atoms with Gasteiger partial charge in [-0.1, -0.05) is 11.6 Å². The Morgan fingerprint density at radius 1 is 1.11 bits per heavy atom. The lowest BCUT2D eigenvalue weighted by Gasteiger charge is -2.14. The van der Waals surface area contributed by atoms with Gasteiger partial charge in [-0.15, -0.1) is 10.2 Å². The van der Waals surface area contributed by atoms with Crippen LogP contribution in [0.15, 0.2) is 48.7 Å². The van der Waals surface area contributed by atoms with Crippen molar-refractivity contribution in [1.29, 1.82) is 0 Å². The number of anilines is 2. The molecular formula is C27H28ClN7O2. The van der Waals surface area contributed by atoms with Crippen molar-refractivity contribution in [3.8, 4) is 16.9 Å². The van der Waals surface area contributed by atoms with Crippen LogP contribution in [0.5, 0.6) is 5.75 Å². The fraction of sp³-hybridized carbons (Fsp3) is 0.296. The van der Waals surface area contributed by atoms with Crippen LogP contribution >= 0.6 is 11.6 Å². The van der Waals surface area contributed by atoms with Gasteiger partial charge in [0.15, 0.2) is 0 Å². The number of likely N-dealkylation sites (tertiary alicyclic amines) is 1. The van der Waals surface area contributed by atoms with E-state index < -0.39 is 0 Å². The zero-order valence-electron chi connectivity index (χ0n) is 20.8. The topological polar surface area (TPSA) is 105 Å². The Labute approximate surface area is 220 Å². The summed E-state index contributed by atoms with van der Waals surface area (Å²) in [7, 11) is 1.62. The number of nitrogens with zero attached hydrogens (tertiary/aromatic N) is 5. The highest BCUT2D eigenvalue weighted by molar-refractivity contribution is 6.33. The van der Waals surface area contributed by atoms with E-state index >= 15 is 0 Å². The first-order valence-electron chi connectivity index (χ1n) is 12.2. The number of methoxy groups -OCH3 is 1. The zero-order chi connectivity index (χ0) is 25.8. The predicted molar refractivity (Wildman–Crippen MR) is 145 cm³/mol. The van der Waals surface area contributed by atoms with E-state index in [9.17, 15) is 4.79 Å². The molecule has 190 valence electrons. The third kappa shape index (κ3) is 5.79. The van der Waals surface area contributed by atoms with Crippen LogP contribution in [0.3, 0.4) is 0 Å². The number of pyridine rings is 1. The van der Waals surface area contributed by atoms with Crippen LogP contribution in [-0.4, -0.2) is 64.3 Å². The van der Waals surface area contributed by atoms with Crippen LogP contribution in [0.2, 0.25) is 5.02 Å². The molecule has 1 fully saturated rings. The Morgan fingerprint density at radius 2 is 1.95 bits per heavy atom. The molecule has 1 aliphatic heterocycles. The molecule has 2 aromatic heterocycles. The van der Waals surface area contributed by atoms with Gasteiger partial charge in [-0.2, -0.15) is 0 Å². The average Bonchev–Trinajstić information content (AvgIpc) is 3.43. The highest BCUT2D eigenvalue weighted by Gasteiger charge is 2.14. The standard InChI is InChI=1S/C27H28ClN7O2/c1-17-13-18(21-15-20(37-2)6-7-22(21)28)14-24-25(17)32-27(34-33-24)31-19-5-8-23(30-16-19)26(36)29-9-12-35-10-3-4-11-35/h5-8,13-16H,3-4,9-12H2,1-2H3,(H,29,36)(H,31,32,34). The second-order valence-electron chi connectivity index (χ2n) is 9.00. The van der Waals surface area contributed by atoms with Gasteiger partial charge in [0.25, 0.3) is 5.91 Å². The fourth-order valence-corrected chi connectivity index (χ4v) is 4.66. The van der Waals surface area contributed by atoms with E-state index in [1.165, 1.54) is 12.8 Å². The number of halogens is 1. The molecule has 2 N–H and O–H groups in total. The van der Waals surface area contributed by atoms with Crippen molar-refractivity contribution < 1.29 is 9.53 Å². The number of rotatable bonds is 8. The minimum absolute atomic E-state index is 0.183. The lowest BCUT2D eigenvalue weighted by molar-refractivity contribution is 0.0945. The molecule has 2 aromatic carbocycles. The van der Waals surface area contributed by atoms with Crippen LogP contribution in [0.25, 0.3) is 22.2 Å². The molecule has 0 spiro atoms. The van der Waals surface area contributed by atoms with E-state index in [-0.39, 0.29) is 5.91 Å². The number of amides is 1. The molecular weight excluding hydrogens is 490 g/mol. The molecule has 1 aliphatic rings. The fourth-order valence-electron chi connectivity index (χ4n) is 4.43. The summed E-state index contributed by atoms with van der Waals surface area (Å²) in [5, 5.41) is 15.3. The minimum atomic E-state index is -0.183. The maximum Gasteiger partial charge on any atom is 0.269 e. The van der Waals surface area contributed by atoms with Gasteiger partial charge < -0.3 is 20.3 Å². The van der Waals surface area contributed by atoms with Gasteiger partial charge in [0.1, 0.15) is 17.0 Å². The molecule has 0 radical (unpaired) electrons. The van der Waals surface area contributed by atoms with E-state index in [1.807, 2.05) is 37.3 Å². The van der Waals surface area contributed by atoms with Crippen LogP contribution in [0, 0.1) is 6.92 Å². The molecule has 9 nitrogen and oxygen atoms in total. The molecule has 0 atom stereocenters. The van der Waals surface area contributed by atoms with Crippen LogP contribution in [0.1, 0.15) is 28.9 Å². The number of hydrogen-bond acceptors (Lipinski definition) is 8. The van der Waals surface area contributed by atoms with Crippen molar-refractivity contribution in [2.24, 2.45) is 0 Å². The number of ether oxygens (including phenoxy) is 1. The van der Waals surface area contributed by atoms with E-state index in [4.69, 9.17) is 16.3 Å².